The average Bonchev–Trinajstić information content (AvgIpc) is 2.39. The van der Waals surface area contributed by atoms with Crippen molar-refractivity contribution in [2.45, 2.75) is 32.9 Å². The van der Waals surface area contributed by atoms with E-state index in [0.29, 0.717) is 17.4 Å². The van der Waals surface area contributed by atoms with Crippen LogP contribution in [0.5, 0.6) is 5.75 Å². The Morgan fingerprint density at radius 2 is 2.00 bits per heavy atom. The van der Waals surface area contributed by atoms with Gasteiger partial charge in [-0.25, -0.2) is 4.39 Å². The highest BCUT2D eigenvalue weighted by Crippen LogP contribution is 2.27. The van der Waals surface area contributed by atoms with E-state index in [1.54, 1.807) is 6.07 Å². The summed E-state index contributed by atoms with van der Waals surface area (Å²) in [4.78, 5) is 0. The van der Waals surface area contributed by atoms with Crippen LogP contribution in [0.3, 0.4) is 0 Å². The van der Waals surface area contributed by atoms with Crippen molar-refractivity contribution in [1.82, 2.24) is 0 Å². The first-order valence-corrected chi connectivity index (χ1v) is 7.25. The molecule has 0 bridgehead atoms. The minimum Gasteiger partial charge on any atom is -0.487 e. The number of aryl methyl sites for hydroxylation is 1. The number of rotatable bonds is 5. The summed E-state index contributed by atoms with van der Waals surface area (Å²) in [6, 6.07) is 10.4. The fourth-order valence-corrected chi connectivity index (χ4v) is 2.39. The summed E-state index contributed by atoms with van der Waals surface area (Å²) in [7, 11) is 0. The molecule has 1 atom stereocenters. The van der Waals surface area contributed by atoms with E-state index in [9.17, 15) is 4.39 Å². The number of hydrogen-bond donors (Lipinski definition) is 1. The van der Waals surface area contributed by atoms with Crippen LogP contribution in [0.2, 0.25) is 5.02 Å². The Morgan fingerprint density at radius 1 is 1.24 bits per heavy atom. The van der Waals surface area contributed by atoms with Crippen molar-refractivity contribution in [2.75, 3.05) is 0 Å². The second-order valence-corrected chi connectivity index (χ2v) is 5.71. The van der Waals surface area contributed by atoms with Crippen LogP contribution in [0.4, 0.5) is 4.39 Å². The zero-order valence-electron chi connectivity index (χ0n) is 12.2. The van der Waals surface area contributed by atoms with Crippen molar-refractivity contribution < 1.29 is 9.13 Å². The largest absolute Gasteiger partial charge is 0.487 e. The minimum atomic E-state index is -0.241. The Bertz CT molecular complexity index is 628. The molecule has 0 spiro atoms. The molecular weight excluding hydrogens is 289 g/mol. The SMILES string of the molecule is Cc1cc(F)ccc1COc1ccc(CC(C)N)cc1Cl. The van der Waals surface area contributed by atoms with E-state index in [-0.39, 0.29) is 11.9 Å². The van der Waals surface area contributed by atoms with Crippen LogP contribution in [0.1, 0.15) is 23.6 Å². The molecule has 0 aliphatic heterocycles. The van der Waals surface area contributed by atoms with Crippen molar-refractivity contribution in [2.24, 2.45) is 5.73 Å². The smallest absolute Gasteiger partial charge is 0.138 e. The van der Waals surface area contributed by atoms with Crippen molar-refractivity contribution in [3.63, 3.8) is 0 Å². The van der Waals surface area contributed by atoms with Crippen LogP contribution in [-0.2, 0) is 13.0 Å². The number of hydrogen-bond acceptors (Lipinski definition) is 2. The predicted molar refractivity (Wildman–Crippen MR) is 84.3 cm³/mol. The van der Waals surface area contributed by atoms with Crippen LogP contribution < -0.4 is 10.5 Å². The molecule has 0 heterocycles. The molecule has 2 N–H and O–H groups in total. The maximum Gasteiger partial charge on any atom is 0.138 e. The lowest BCUT2D eigenvalue weighted by Gasteiger charge is -2.12. The first-order chi connectivity index (χ1) is 9.95. The molecule has 0 radical (unpaired) electrons. The van der Waals surface area contributed by atoms with Crippen LogP contribution in [0, 0.1) is 12.7 Å². The number of benzene rings is 2. The van der Waals surface area contributed by atoms with Gasteiger partial charge in [0, 0.05) is 6.04 Å². The Balaban J connectivity index is 2.06. The van der Waals surface area contributed by atoms with Gasteiger partial charge in [0.15, 0.2) is 0 Å². The third-order valence-corrected chi connectivity index (χ3v) is 3.54. The lowest BCUT2D eigenvalue weighted by molar-refractivity contribution is 0.305. The molecule has 112 valence electrons. The Hall–Kier alpha value is -1.58. The topological polar surface area (TPSA) is 35.2 Å². The Morgan fingerprint density at radius 3 is 2.62 bits per heavy atom. The van der Waals surface area contributed by atoms with Gasteiger partial charge in [-0.3, -0.25) is 0 Å². The molecule has 1 unspecified atom stereocenters. The summed E-state index contributed by atoms with van der Waals surface area (Å²) in [6.07, 6.45) is 0.775. The molecule has 2 aromatic rings. The zero-order chi connectivity index (χ0) is 15.4. The fraction of sp³-hybridized carbons (Fsp3) is 0.294. The molecule has 2 rings (SSSR count). The quantitative estimate of drug-likeness (QED) is 0.896. The lowest BCUT2D eigenvalue weighted by atomic mass is 10.1. The molecule has 4 heteroatoms. The third kappa shape index (κ3) is 4.45. The second kappa shape index (κ2) is 6.92. The molecule has 0 aliphatic rings. The summed E-state index contributed by atoms with van der Waals surface area (Å²) in [5, 5.41) is 0.563. The van der Waals surface area contributed by atoms with Gasteiger partial charge in [-0.15, -0.1) is 0 Å². The fourth-order valence-electron chi connectivity index (χ4n) is 2.14. The maximum atomic E-state index is 13.1. The van der Waals surface area contributed by atoms with Crippen LogP contribution in [0.25, 0.3) is 0 Å². The molecule has 0 aliphatic carbocycles. The van der Waals surface area contributed by atoms with Gasteiger partial charge >= 0.3 is 0 Å². The summed E-state index contributed by atoms with van der Waals surface area (Å²) >= 11 is 6.22. The van der Waals surface area contributed by atoms with E-state index >= 15 is 0 Å². The summed E-state index contributed by atoms with van der Waals surface area (Å²) in [5.41, 5.74) is 8.65. The van der Waals surface area contributed by atoms with Crippen LogP contribution in [-0.4, -0.2) is 6.04 Å². The Labute approximate surface area is 129 Å². The van der Waals surface area contributed by atoms with Crippen molar-refractivity contribution in [1.29, 1.82) is 0 Å². The highest BCUT2D eigenvalue weighted by Gasteiger charge is 2.07. The number of halogens is 2. The van der Waals surface area contributed by atoms with Gasteiger partial charge in [0.05, 0.1) is 5.02 Å². The molecule has 0 amide bonds. The standard InChI is InChI=1S/C17H19ClFNO/c1-11-7-15(19)5-4-14(11)10-21-17-6-3-13(8-12(2)20)9-16(17)18/h3-7,9,12H,8,10,20H2,1-2H3. The van der Waals surface area contributed by atoms with Crippen LogP contribution >= 0.6 is 11.6 Å². The maximum absolute atomic E-state index is 13.1. The average molecular weight is 308 g/mol. The monoisotopic (exact) mass is 307 g/mol. The van der Waals surface area contributed by atoms with Gasteiger partial charge in [-0.1, -0.05) is 23.7 Å². The summed E-state index contributed by atoms with van der Waals surface area (Å²) in [5.74, 6) is 0.378. The molecule has 0 fully saturated rings. The van der Waals surface area contributed by atoms with Crippen molar-refractivity contribution in [3.8, 4) is 5.75 Å². The highest BCUT2D eigenvalue weighted by molar-refractivity contribution is 6.32. The van der Waals surface area contributed by atoms with Gasteiger partial charge in [0.2, 0.25) is 0 Å². The zero-order valence-corrected chi connectivity index (χ0v) is 13.0. The molecule has 2 nitrogen and oxygen atoms in total. The first-order valence-electron chi connectivity index (χ1n) is 6.87. The normalized spacial score (nSPS) is 12.2. The van der Waals surface area contributed by atoms with E-state index in [4.69, 9.17) is 22.1 Å². The molecule has 0 saturated carbocycles. The molecule has 0 aromatic heterocycles. The Kier molecular flexibility index (Phi) is 5.21. The van der Waals surface area contributed by atoms with Crippen LogP contribution in [0.15, 0.2) is 36.4 Å². The van der Waals surface area contributed by atoms with E-state index in [0.717, 1.165) is 23.1 Å². The van der Waals surface area contributed by atoms with Crippen molar-refractivity contribution >= 4 is 11.6 Å². The first kappa shape index (κ1) is 15.8. The number of ether oxygens (including phenoxy) is 1. The van der Waals surface area contributed by atoms with E-state index in [2.05, 4.69) is 0 Å². The van der Waals surface area contributed by atoms with Gasteiger partial charge in [0.25, 0.3) is 0 Å². The molecule has 0 saturated heterocycles. The van der Waals surface area contributed by atoms with E-state index < -0.39 is 0 Å². The van der Waals surface area contributed by atoms with Gasteiger partial charge in [-0.2, -0.15) is 0 Å². The molecule has 2 aromatic carbocycles. The molecule has 21 heavy (non-hydrogen) atoms. The van der Waals surface area contributed by atoms with Gasteiger partial charge in [0.1, 0.15) is 18.2 Å². The van der Waals surface area contributed by atoms with E-state index in [1.807, 2.05) is 32.0 Å². The lowest BCUT2D eigenvalue weighted by Crippen LogP contribution is -2.17. The van der Waals surface area contributed by atoms with E-state index in [1.165, 1.54) is 12.1 Å². The third-order valence-electron chi connectivity index (χ3n) is 3.24. The predicted octanol–water partition coefficient (Wildman–Crippen LogP) is 4.26. The summed E-state index contributed by atoms with van der Waals surface area (Å²) < 4.78 is 18.8. The highest BCUT2D eigenvalue weighted by atomic mass is 35.5. The number of nitrogens with two attached hydrogens (primary N) is 1. The van der Waals surface area contributed by atoms with Gasteiger partial charge in [-0.05, 0) is 61.2 Å². The minimum absolute atomic E-state index is 0.0923. The second-order valence-electron chi connectivity index (χ2n) is 5.31. The molecular formula is C17H19ClFNO. The van der Waals surface area contributed by atoms with Gasteiger partial charge < -0.3 is 10.5 Å². The summed E-state index contributed by atoms with van der Waals surface area (Å²) in [6.45, 7) is 4.17. The van der Waals surface area contributed by atoms with Crippen molar-refractivity contribution in [3.05, 3.63) is 63.9 Å².